The number of rotatable bonds is 4. The molecule has 1 aliphatic heterocycles. The summed E-state index contributed by atoms with van der Waals surface area (Å²) in [5.74, 6) is -1.22. The van der Waals surface area contributed by atoms with E-state index >= 15 is 0 Å². The van der Waals surface area contributed by atoms with Gasteiger partial charge in [0.25, 0.3) is 0 Å². The number of alkyl halides is 3. The van der Waals surface area contributed by atoms with Crippen LogP contribution in [0.2, 0.25) is 0 Å². The van der Waals surface area contributed by atoms with Crippen molar-refractivity contribution in [2.24, 2.45) is 10.9 Å². The molecule has 0 bridgehead atoms. The summed E-state index contributed by atoms with van der Waals surface area (Å²) in [4.78, 5) is 27.9. The molecule has 144 valence electrons. The summed E-state index contributed by atoms with van der Waals surface area (Å²) in [6.45, 7) is 0.433. The molecule has 2 atom stereocenters. The summed E-state index contributed by atoms with van der Waals surface area (Å²) < 4.78 is 38.5. The maximum atomic E-state index is 12.8. The van der Waals surface area contributed by atoms with E-state index in [-0.39, 0.29) is 68.4 Å². The maximum Gasteiger partial charge on any atom is 0.391 e. The van der Waals surface area contributed by atoms with Gasteiger partial charge < -0.3 is 16.0 Å². The van der Waals surface area contributed by atoms with Gasteiger partial charge in [-0.25, -0.2) is 4.79 Å². The van der Waals surface area contributed by atoms with Crippen molar-refractivity contribution < 1.29 is 22.8 Å². The zero-order valence-corrected chi connectivity index (χ0v) is 16.2. The summed E-state index contributed by atoms with van der Waals surface area (Å²) in [7, 11) is 1.52. The van der Waals surface area contributed by atoms with Gasteiger partial charge in [-0.2, -0.15) is 13.2 Å². The monoisotopic (exact) mass is 477 g/mol. The van der Waals surface area contributed by atoms with E-state index in [1.807, 2.05) is 0 Å². The van der Waals surface area contributed by atoms with Gasteiger partial charge >= 0.3 is 12.2 Å². The second-order valence-corrected chi connectivity index (χ2v) is 5.95. The fraction of sp³-hybridized carbons (Fsp3) is 0.786. The number of carbonyl (C=O) groups is 2. The second kappa shape index (κ2) is 9.43. The lowest BCUT2D eigenvalue weighted by Gasteiger charge is -2.32. The quantitative estimate of drug-likeness (QED) is 0.248. The van der Waals surface area contributed by atoms with Crippen LogP contribution in [0, 0.1) is 5.92 Å². The number of nitrogens with one attached hydrogen (secondary N) is 3. The van der Waals surface area contributed by atoms with E-state index in [9.17, 15) is 22.8 Å². The number of hydrogen-bond donors (Lipinski definition) is 3. The van der Waals surface area contributed by atoms with Gasteiger partial charge in [0, 0.05) is 26.2 Å². The molecule has 0 aromatic rings. The van der Waals surface area contributed by atoms with E-state index in [1.165, 1.54) is 7.05 Å². The first-order valence-electron chi connectivity index (χ1n) is 7.93. The molecule has 0 aromatic heterocycles. The molecular formula is C14H23F3IN5O2. The van der Waals surface area contributed by atoms with Crippen molar-refractivity contribution in [3.8, 4) is 0 Å². The lowest BCUT2D eigenvalue weighted by atomic mass is 9.85. The summed E-state index contributed by atoms with van der Waals surface area (Å²) in [5, 5.41) is 8.33. The van der Waals surface area contributed by atoms with Crippen LogP contribution in [0.25, 0.3) is 0 Å². The van der Waals surface area contributed by atoms with E-state index < -0.39 is 18.1 Å². The molecule has 1 saturated heterocycles. The molecular weight excluding hydrogens is 454 g/mol. The molecule has 25 heavy (non-hydrogen) atoms. The van der Waals surface area contributed by atoms with E-state index in [1.54, 1.807) is 0 Å². The Bertz CT molecular complexity index is 499. The molecule has 2 fully saturated rings. The number of halogens is 4. The smallest absolute Gasteiger partial charge is 0.355 e. The Morgan fingerprint density at radius 1 is 1.36 bits per heavy atom. The maximum absolute atomic E-state index is 12.8. The van der Waals surface area contributed by atoms with Gasteiger partial charge in [0.1, 0.15) is 0 Å². The van der Waals surface area contributed by atoms with Gasteiger partial charge in [-0.3, -0.25) is 14.7 Å². The van der Waals surface area contributed by atoms with Crippen molar-refractivity contribution in [1.29, 1.82) is 0 Å². The lowest BCUT2D eigenvalue weighted by Crippen LogP contribution is -2.48. The number of hydrogen-bond acceptors (Lipinski definition) is 3. The first-order valence-corrected chi connectivity index (χ1v) is 7.93. The van der Waals surface area contributed by atoms with Gasteiger partial charge in [0.05, 0.1) is 12.5 Å². The highest BCUT2D eigenvalue weighted by atomic mass is 127. The molecule has 2 unspecified atom stereocenters. The van der Waals surface area contributed by atoms with Crippen LogP contribution in [0.5, 0.6) is 0 Å². The molecule has 7 nitrogen and oxygen atoms in total. The van der Waals surface area contributed by atoms with Crippen LogP contribution in [0.1, 0.15) is 25.7 Å². The van der Waals surface area contributed by atoms with Crippen LogP contribution < -0.4 is 16.0 Å². The molecule has 0 spiro atoms. The van der Waals surface area contributed by atoms with Crippen LogP contribution >= 0.6 is 24.0 Å². The normalized spacial score (nSPS) is 24.6. The van der Waals surface area contributed by atoms with E-state index in [4.69, 9.17) is 0 Å². The van der Waals surface area contributed by atoms with Crippen molar-refractivity contribution in [3.05, 3.63) is 0 Å². The number of aliphatic imine (C=N–C) groups is 1. The molecule has 0 aromatic carbocycles. The molecule has 1 heterocycles. The topological polar surface area (TPSA) is 85.8 Å². The summed E-state index contributed by atoms with van der Waals surface area (Å²) in [6, 6.07) is -0.738. The summed E-state index contributed by atoms with van der Waals surface area (Å²) >= 11 is 0. The minimum absolute atomic E-state index is 0. The first kappa shape index (κ1) is 21.8. The van der Waals surface area contributed by atoms with Crippen molar-refractivity contribution >= 4 is 41.9 Å². The van der Waals surface area contributed by atoms with Crippen molar-refractivity contribution in [3.63, 3.8) is 0 Å². The Hall–Kier alpha value is -1.27. The average Bonchev–Trinajstić information content (AvgIpc) is 2.85. The fourth-order valence-electron chi connectivity index (χ4n) is 2.97. The van der Waals surface area contributed by atoms with Crippen molar-refractivity contribution in [1.82, 2.24) is 20.9 Å². The summed E-state index contributed by atoms with van der Waals surface area (Å²) in [5.41, 5.74) is 0. The average molecular weight is 477 g/mol. The van der Waals surface area contributed by atoms with Gasteiger partial charge in [0.2, 0.25) is 5.91 Å². The minimum Gasteiger partial charge on any atom is -0.355 e. The Kier molecular flexibility index (Phi) is 8.22. The van der Waals surface area contributed by atoms with Crippen LogP contribution in [0.15, 0.2) is 4.99 Å². The third-order valence-electron chi connectivity index (χ3n) is 4.27. The molecule has 3 N–H and O–H groups in total. The third kappa shape index (κ3) is 6.19. The van der Waals surface area contributed by atoms with Crippen molar-refractivity contribution in [2.75, 3.05) is 26.7 Å². The molecule has 11 heteroatoms. The largest absolute Gasteiger partial charge is 0.391 e. The highest BCUT2D eigenvalue weighted by Crippen LogP contribution is 2.37. The molecule has 2 aliphatic rings. The van der Waals surface area contributed by atoms with Gasteiger partial charge in [-0.1, -0.05) is 6.42 Å². The fourth-order valence-corrected chi connectivity index (χ4v) is 2.97. The van der Waals surface area contributed by atoms with E-state index in [2.05, 4.69) is 20.9 Å². The van der Waals surface area contributed by atoms with Crippen LogP contribution in [0.4, 0.5) is 18.0 Å². The standard InChI is InChI=1S/C14H22F3N5O2.HI/c1-18-12(19-5-6-22-11(23)8-20-13(22)24)21-10-4-2-3-9(7-10)14(15,16)17;/h9-10H,2-8H2,1H3,(H,20,24)(H2,18,19,21);1H. The third-order valence-corrected chi connectivity index (χ3v) is 4.27. The Balaban J connectivity index is 0.00000312. The lowest BCUT2D eigenvalue weighted by molar-refractivity contribution is -0.183. The Morgan fingerprint density at radius 2 is 2.08 bits per heavy atom. The second-order valence-electron chi connectivity index (χ2n) is 5.95. The van der Waals surface area contributed by atoms with Gasteiger partial charge in [0.15, 0.2) is 5.96 Å². The highest BCUT2D eigenvalue weighted by Gasteiger charge is 2.42. The molecule has 1 aliphatic carbocycles. The Labute approximate surface area is 161 Å². The predicted octanol–water partition coefficient (Wildman–Crippen LogP) is 1.44. The SMILES string of the molecule is CN=C(NCCN1C(=O)CNC1=O)NC1CCCC(C(F)(F)F)C1.I. The molecule has 1 saturated carbocycles. The molecule has 0 radical (unpaired) electrons. The van der Waals surface area contributed by atoms with Crippen LogP contribution in [-0.4, -0.2) is 61.7 Å². The van der Waals surface area contributed by atoms with E-state index in [0.29, 0.717) is 18.8 Å². The van der Waals surface area contributed by atoms with E-state index in [0.717, 1.165) is 4.90 Å². The number of carbonyl (C=O) groups excluding carboxylic acids is 2. The summed E-state index contributed by atoms with van der Waals surface area (Å²) in [6.07, 6.45) is -2.81. The zero-order chi connectivity index (χ0) is 17.7. The number of imide groups is 1. The van der Waals surface area contributed by atoms with Crippen LogP contribution in [0.3, 0.4) is 0 Å². The predicted molar refractivity (Wildman–Crippen MR) is 96.8 cm³/mol. The Morgan fingerprint density at radius 3 is 2.64 bits per heavy atom. The highest BCUT2D eigenvalue weighted by molar-refractivity contribution is 14.0. The van der Waals surface area contributed by atoms with Crippen molar-refractivity contribution in [2.45, 2.75) is 37.9 Å². The van der Waals surface area contributed by atoms with Gasteiger partial charge in [-0.05, 0) is 19.3 Å². The first-order chi connectivity index (χ1) is 11.3. The number of urea groups is 1. The number of nitrogens with zero attached hydrogens (tertiary/aromatic N) is 2. The van der Waals surface area contributed by atoms with Gasteiger partial charge in [-0.15, -0.1) is 24.0 Å². The molecule has 3 amide bonds. The molecule has 2 rings (SSSR count). The minimum atomic E-state index is -4.17. The van der Waals surface area contributed by atoms with Crippen LogP contribution in [-0.2, 0) is 4.79 Å². The number of amides is 3. The number of guanidine groups is 1. The zero-order valence-electron chi connectivity index (χ0n) is 13.9.